The van der Waals surface area contributed by atoms with Crippen molar-refractivity contribution >= 4 is 24.3 Å². The molecule has 6 N–H and O–H groups in total. The molecule has 3 heterocycles. The van der Waals surface area contributed by atoms with Crippen molar-refractivity contribution < 1.29 is 39.1 Å². The first-order chi connectivity index (χ1) is 11.4. The number of ether oxygens (including phenoxy) is 3. The molecule has 26 heavy (non-hydrogen) atoms. The number of hydrogen-bond donors (Lipinski definition) is 5. The Morgan fingerprint density at radius 3 is 2.50 bits per heavy atom. The van der Waals surface area contributed by atoms with Gasteiger partial charge in [0.15, 0.2) is 6.29 Å². The smallest absolute Gasteiger partial charge is 0.303 e. The topological polar surface area (TPSA) is 161 Å². The highest BCUT2D eigenvalue weighted by molar-refractivity contribution is 5.85. The molecule has 11 heteroatoms. The van der Waals surface area contributed by atoms with Gasteiger partial charge in [-0.3, -0.25) is 9.59 Å². The van der Waals surface area contributed by atoms with E-state index in [1.165, 1.54) is 0 Å². The van der Waals surface area contributed by atoms with Crippen LogP contribution in [0.15, 0.2) is 0 Å². The molecule has 1 amide bonds. The number of carbonyl (C=O) groups is 2. The summed E-state index contributed by atoms with van der Waals surface area (Å²) in [5.74, 6) is -1.55. The van der Waals surface area contributed by atoms with E-state index in [2.05, 4.69) is 5.32 Å². The van der Waals surface area contributed by atoms with Crippen LogP contribution in [0.2, 0.25) is 0 Å². The number of hydrogen-bond acceptors (Lipinski definition) is 8. The van der Waals surface area contributed by atoms with Gasteiger partial charge in [0.05, 0.1) is 12.6 Å². The fourth-order valence-electron chi connectivity index (χ4n) is 2.63. The Morgan fingerprint density at radius 1 is 1.19 bits per heavy atom. The number of carboxylic acid groups (broad SMARTS) is 1. The first-order valence-electron chi connectivity index (χ1n) is 7.90. The number of carbonyl (C=O) groups excluding carboxylic acids is 1. The molecule has 2 bridgehead atoms. The van der Waals surface area contributed by atoms with Gasteiger partial charge >= 0.3 is 5.97 Å². The van der Waals surface area contributed by atoms with Crippen LogP contribution in [-0.4, -0.2) is 83.7 Å². The number of rotatable bonds is 6. The van der Waals surface area contributed by atoms with Crippen LogP contribution in [0.4, 0.5) is 0 Å². The molecule has 3 saturated heterocycles. The summed E-state index contributed by atoms with van der Waals surface area (Å²) < 4.78 is 16.5. The predicted molar refractivity (Wildman–Crippen MR) is 92.8 cm³/mol. The summed E-state index contributed by atoms with van der Waals surface area (Å²) in [5, 5.41) is 31.3. The van der Waals surface area contributed by atoms with Crippen LogP contribution in [0.5, 0.6) is 0 Å². The molecular weight excluding hydrogens is 372 g/mol. The van der Waals surface area contributed by atoms with Gasteiger partial charge < -0.3 is 40.6 Å². The largest absolute Gasteiger partial charge is 0.481 e. The van der Waals surface area contributed by atoms with E-state index in [4.69, 9.17) is 25.1 Å². The van der Waals surface area contributed by atoms with Crippen molar-refractivity contribution in [2.45, 2.75) is 63.4 Å². The van der Waals surface area contributed by atoms with E-state index < -0.39 is 48.6 Å². The molecule has 0 saturated carbocycles. The number of nitrogens with two attached hydrogens (primary N) is 1. The highest BCUT2D eigenvalue weighted by Gasteiger charge is 2.46. The van der Waals surface area contributed by atoms with Crippen molar-refractivity contribution in [1.82, 2.24) is 5.32 Å². The van der Waals surface area contributed by atoms with Crippen molar-refractivity contribution in [3.63, 3.8) is 0 Å². The minimum Gasteiger partial charge on any atom is -0.481 e. The second kappa shape index (κ2) is 11.7. The lowest BCUT2D eigenvalue weighted by Crippen LogP contribution is -2.61. The molecular formula is C15H29ClN2O8. The highest BCUT2D eigenvalue weighted by Crippen LogP contribution is 2.25. The second-order valence-electron chi connectivity index (χ2n) is 5.87. The quantitative estimate of drug-likeness (QED) is 0.361. The first kappa shape index (κ1) is 25.0. The number of halogens is 1. The highest BCUT2D eigenvalue weighted by atomic mass is 35.5. The van der Waals surface area contributed by atoms with Crippen LogP contribution < -0.4 is 11.1 Å². The lowest BCUT2D eigenvalue weighted by molar-refractivity contribution is -0.292. The molecule has 0 radical (unpaired) electrons. The van der Waals surface area contributed by atoms with Crippen molar-refractivity contribution in [3.8, 4) is 0 Å². The maximum Gasteiger partial charge on any atom is 0.303 e. The van der Waals surface area contributed by atoms with E-state index in [9.17, 15) is 19.8 Å². The van der Waals surface area contributed by atoms with E-state index in [-0.39, 0.29) is 39.2 Å². The predicted octanol–water partition coefficient (Wildman–Crippen LogP) is -1.40. The average molecular weight is 401 g/mol. The summed E-state index contributed by atoms with van der Waals surface area (Å²) in [6, 6.07) is -0.956. The van der Waals surface area contributed by atoms with Gasteiger partial charge in [0.1, 0.15) is 24.4 Å². The molecule has 0 aliphatic carbocycles. The van der Waals surface area contributed by atoms with E-state index in [0.29, 0.717) is 19.6 Å². The zero-order valence-corrected chi connectivity index (χ0v) is 14.4. The Morgan fingerprint density at radius 2 is 1.85 bits per heavy atom. The van der Waals surface area contributed by atoms with Gasteiger partial charge in [0.2, 0.25) is 5.91 Å². The summed E-state index contributed by atoms with van der Waals surface area (Å²) >= 11 is 0. The van der Waals surface area contributed by atoms with Crippen LogP contribution in [0.25, 0.3) is 0 Å². The number of aliphatic hydroxyl groups is 2. The number of nitrogens with one attached hydrogen (secondary N) is 1. The molecule has 0 aromatic rings. The number of fused-ring (bicyclic) bond motifs is 6. The Kier molecular flexibility index (Phi) is 11.2. The van der Waals surface area contributed by atoms with Crippen molar-refractivity contribution in [2.75, 3.05) is 19.8 Å². The molecule has 154 valence electrons. The van der Waals surface area contributed by atoms with Gasteiger partial charge in [-0.05, 0) is 12.8 Å². The van der Waals surface area contributed by atoms with E-state index >= 15 is 0 Å². The zero-order valence-electron chi connectivity index (χ0n) is 13.6. The Labute approximate surface area is 158 Å². The lowest BCUT2D eigenvalue weighted by Gasteiger charge is -2.41. The fraction of sp³-hybridized carbons (Fsp3) is 0.867. The van der Waals surface area contributed by atoms with Crippen molar-refractivity contribution in [1.29, 1.82) is 0 Å². The molecule has 0 aromatic carbocycles. The maximum atomic E-state index is 11.9. The minimum absolute atomic E-state index is 0. The number of aliphatic hydroxyl groups excluding tert-OH is 2. The van der Waals surface area contributed by atoms with Crippen LogP contribution in [0, 0.1) is 0 Å². The molecule has 3 aliphatic rings. The Balaban J connectivity index is 0.00000312. The second-order valence-corrected chi connectivity index (χ2v) is 5.87. The van der Waals surface area contributed by atoms with E-state index in [1.54, 1.807) is 0 Å². The first-order valence-corrected chi connectivity index (χ1v) is 7.90. The Hall–Kier alpha value is -1.01. The maximum absolute atomic E-state index is 11.9. The van der Waals surface area contributed by atoms with E-state index in [0.717, 1.165) is 0 Å². The van der Waals surface area contributed by atoms with Crippen LogP contribution in [-0.2, 0) is 23.8 Å². The summed E-state index contributed by atoms with van der Waals surface area (Å²) in [6.45, 7) is 0.640. The number of aliphatic carboxylic acids is 1. The van der Waals surface area contributed by atoms with Crippen LogP contribution in [0.3, 0.4) is 0 Å². The summed E-state index contributed by atoms with van der Waals surface area (Å²) in [6.07, 6.45) is -4.58. The molecule has 10 nitrogen and oxygen atoms in total. The fourth-order valence-corrected chi connectivity index (χ4v) is 2.63. The molecule has 5 unspecified atom stereocenters. The van der Waals surface area contributed by atoms with Crippen molar-refractivity contribution in [3.05, 3.63) is 0 Å². The summed E-state index contributed by atoms with van der Waals surface area (Å²) in [4.78, 5) is 22.4. The molecule has 3 rings (SSSR count). The monoisotopic (exact) mass is 400 g/mol. The van der Waals surface area contributed by atoms with Crippen LogP contribution >= 0.6 is 12.4 Å². The third kappa shape index (κ3) is 6.62. The molecule has 6 atom stereocenters. The molecule has 3 aliphatic heterocycles. The van der Waals surface area contributed by atoms with Gasteiger partial charge in [-0.15, -0.1) is 12.4 Å². The zero-order chi connectivity index (χ0) is 17.7. The van der Waals surface area contributed by atoms with Gasteiger partial charge in [-0.25, -0.2) is 0 Å². The SMILES string of the molecule is C.Cl.N[C@@H](CCC(=O)O)C(=O)NCC1OC2OCCCOC1C(O)C2O. The normalized spacial score (nSPS) is 32.0. The average Bonchev–Trinajstić information content (AvgIpc) is 2.69. The van der Waals surface area contributed by atoms with Crippen LogP contribution in [0.1, 0.15) is 26.7 Å². The molecule has 3 fully saturated rings. The van der Waals surface area contributed by atoms with Gasteiger partial charge in [0.25, 0.3) is 0 Å². The summed E-state index contributed by atoms with van der Waals surface area (Å²) in [7, 11) is 0. The lowest BCUT2D eigenvalue weighted by atomic mass is 9.98. The summed E-state index contributed by atoms with van der Waals surface area (Å²) in [5.41, 5.74) is 5.63. The Bertz CT molecular complexity index is 453. The standard InChI is InChI=1S/C14H24N2O8.CH4.ClH/c15-7(2-3-9(17)18)13(21)16-6-8-12-10(19)11(20)14(24-8)23-5-1-4-22-12;;/h7-8,10-12,14,19-20H,1-6,15H2,(H,16,21)(H,17,18);1H4;1H/t7-,8?,10?,11?,12?,14?;;/m0../s1. The molecule has 0 spiro atoms. The molecule has 0 aromatic heterocycles. The third-order valence-corrected chi connectivity index (χ3v) is 4.01. The van der Waals surface area contributed by atoms with Gasteiger partial charge in [-0.2, -0.15) is 0 Å². The number of amides is 1. The van der Waals surface area contributed by atoms with Crippen molar-refractivity contribution in [2.24, 2.45) is 5.73 Å². The minimum atomic E-state index is -1.24. The van der Waals surface area contributed by atoms with E-state index in [1.807, 2.05) is 0 Å². The van der Waals surface area contributed by atoms with Gasteiger partial charge in [0, 0.05) is 19.6 Å². The van der Waals surface area contributed by atoms with Gasteiger partial charge in [-0.1, -0.05) is 7.43 Å². The number of carboxylic acids is 1. The third-order valence-electron chi connectivity index (χ3n) is 4.01.